The van der Waals surface area contributed by atoms with Crippen LogP contribution in [0.4, 0.5) is 18.9 Å². The highest BCUT2D eigenvalue weighted by Gasteiger charge is 2.08. The maximum atomic E-state index is 13.5. The summed E-state index contributed by atoms with van der Waals surface area (Å²) in [6.07, 6.45) is 0. The van der Waals surface area contributed by atoms with Gasteiger partial charge in [-0.15, -0.1) is 0 Å². The van der Waals surface area contributed by atoms with Crippen LogP contribution in [0.1, 0.15) is 11.1 Å². The van der Waals surface area contributed by atoms with Crippen LogP contribution in [0.25, 0.3) is 0 Å². The molecule has 0 atom stereocenters. The van der Waals surface area contributed by atoms with Crippen LogP contribution < -0.4 is 5.32 Å². The van der Waals surface area contributed by atoms with Crippen molar-refractivity contribution in [2.24, 2.45) is 0 Å². The Bertz CT molecular complexity index is 646. The summed E-state index contributed by atoms with van der Waals surface area (Å²) in [6.45, 7) is 0. The highest BCUT2D eigenvalue weighted by Crippen LogP contribution is 2.19. The third-order valence-corrected chi connectivity index (χ3v) is 2.51. The lowest BCUT2D eigenvalue weighted by Gasteiger charge is -2.03. The molecule has 2 rings (SSSR count). The molecule has 0 spiro atoms. The molecule has 0 saturated heterocycles. The van der Waals surface area contributed by atoms with E-state index >= 15 is 0 Å². The van der Waals surface area contributed by atoms with Gasteiger partial charge < -0.3 is 5.32 Å². The predicted molar refractivity (Wildman–Crippen MR) is 68.3 cm³/mol. The van der Waals surface area contributed by atoms with Crippen LogP contribution in [-0.4, -0.2) is 7.05 Å². The van der Waals surface area contributed by atoms with Crippen LogP contribution in [0, 0.1) is 29.3 Å². The van der Waals surface area contributed by atoms with Crippen LogP contribution in [0.2, 0.25) is 0 Å². The summed E-state index contributed by atoms with van der Waals surface area (Å²) in [7, 11) is 1.42. The van der Waals surface area contributed by atoms with Gasteiger partial charge in [-0.3, -0.25) is 0 Å². The van der Waals surface area contributed by atoms with E-state index in [-0.39, 0.29) is 16.8 Å². The molecule has 2 aromatic carbocycles. The first kappa shape index (κ1) is 13.0. The first-order chi connectivity index (χ1) is 9.11. The maximum absolute atomic E-state index is 13.5. The summed E-state index contributed by atoms with van der Waals surface area (Å²) in [4.78, 5) is 0. The monoisotopic (exact) mass is 261 g/mol. The van der Waals surface area contributed by atoms with Gasteiger partial charge in [0.25, 0.3) is 0 Å². The van der Waals surface area contributed by atoms with Crippen molar-refractivity contribution in [3.05, 3.63) is 65.0 Å². The Morgan fingerprint density at radius 1 is 0.895 bits per heavy atom. The van der Waals surface area contributed by atoms with Crippen LogP contribution in [0.15, 0.2) is 36.4 Å². The van der Waals surface area contributed by atoms with Gasteiger partial charge in [0.2, 0.25) is 0 Å². The van der Waals surface area contributed by atoms with E-state index < -0.39 is 17.5 Å². The predicted octanol–water partition coefficient (Wildman–Crippen LogP) is 3.55. The minimum absolute atomic E-state index is 0.150. The summed E-state index contributed by atoms with van der Waals surface area (Å²) in [5.74, 6) is 3.14. The molecule has 0 saturated carbocycles. The minimum atomic E-state index is -0.736. The van der Waals surface area contributed by atoms with Crippen molar-refractivity contribution in [1.82, 2.24) is 0 Å². The van der Waals surface area contributed by atoms with Gasteiger partial charge in [-0.25, -0.2) is 13.2 Å². The number of nitrogens with one attached hydrogen (secondary N) is 1. The lowest BCUT2D eigenvalue weighted by Crippen LogP contribution is -1.97. The zero-order valence-electron chi connectivity index (χ0n) is 10.1. The molecule has 0 fully saturated rings. The van der Waals surface area contributed by atoms with Crippen molar-refractivity contribution < 1.29 is 13.2 Å². The van der Waals surface area contributed by atoms with E-state index in [2.05, 4.69) is 17.2 Å². The number of anilines is 1. The van der Waals surface area contributed by atoms with Gasteiger partial charge >= 0.3 is 0 Å². The Balaban J connectivity index is 2.38. The molecule has 0 amide bonds. The summed E-state index contributed by atoms with van der Waals surface area (Å²) in [5.41, 5.74) is 0.120. The van der Waals surface area contributed by atoms with E-state index in [1.165, 1.54) is 19.2 Å². The van der Waals surface area contributed by atoms with Crippen LogP contribution in [-0.2, 0) is 0 Å². The fourth-order valence-corrected chi connectivity index (χ4v) is 1.59. The molecule has 96 valence electrons. The van der Waals surface area contributed by atoms with Crippen molar-refractivity contribution in [3.63, 3.8) is 0 Å². The molecule has 0 unspecified atom stereocenters. The molecule has 0 aliphatic carbocycles. The Morgan fingerprint density at radius 2 is 1.53 bits per heavy atom. The van der Waals surface area contributed by atoms with Gasteiger partial charge in [0.1, 0.15) is 11.5 Å². The third-order valence-electron chi connectivity index (χ3n) is 2.51. The average molecular weight is 261 g/mol. The lowest BCUT2D eigenvalue weighted by atomic mass is 10.1. The molecule has 2 aromatic rings. The maximum Gasteiger partial charge on any atom is 0.150 e. The number of benzene rings is 2. The van der Waals surface area contributed by atoms with E-state index in [0.29, 0.717) is 0 Å². The van der Waals surface area contributed by atoms with Gasteiger partial charge in [-0.1, -0.05) is 24.0 Å². The fourth-order valence-electron chi connectivity index (χ4n) is 1.59. The van der Waals surface area contributed by atoms with Gasteiger partial charge in [0.15, 0.2) is 11.6 Å². The van der Waals surface area contributed by atoms with E-state index in [9.17, 15) is 13.2 Å². The molecule has 0 heterocycles. The first-order valence-corrected chi connectivity index (χ1v) is 5.55. The Kier molecular flexibility index (Phi) is 3.76. The largest absolute Gasteiger partial charge is 0.383 e. The number of hydrogen-bond acceptors (Lipinski definition) is 1. The zero-order chi connectivity index (χ0) is 13.8. The quantitative estimate of drug-likeness (QED) is 0.774. The molecule has 0 aliphatic heterocycles. The summed E-state index contributed by atoms with van der Waals surface area (Å²) >= 11 is 0. The molecule has 0 aliphatic rings. The Hall–Kier alpha value is -2.41. The smallest absolute Gasteiger partial charge is 0.150 e. The third kappa shape index (κ3) is 2.89. The van der Waals surface area contributed by atoms with Crippen molar-refractivity contribution in [3.8, 4) is 11.8 Å². The number of rotatable bonds is 1. The topological polar surface area (TPSA) is 12.0 Å². The lowest BCUT2D eigenvalue weighted by molar-refractivity contribution is 0.589. The normalized spacial score (nSPS) is 9.68. The molecule has 1 nitrogen and oxygen atoms in total. The highest BCUT2D eigenvalue weighted by atomic mass is 19.1. The Morgan fingerprint density at radius 3 is 2.11 bits per heavy atom. The number of halogens is 3. The second kappa shape index (κ2) is 5.49. The molecule has 0 radical (unpaired) electrons. The molecule has 1 N–H and O–H groups in total. The molecular weight excluding hydrogens is 251 g/mol. The highest BCUT2D eigenvalue weighted by molar-refractivity contribution is 5.52. The molecule has 19 heavy (non-hydrogen) atoms. The summed E-state index contributed by atoms with van der Waals surface area (Å²) in [5, 5.41) is 2.42. The van der Waals surface area contributed by atoms with Gasteiger partial charge in [0, 0.05) is 12.6 Å². The van der Waals surface area contributed by atoms with Crippen molar-refractivity contribution in [1.29, 1.82) is 0 Å². The standard InChI is InChI=1S/C15H10F3N/c1-19-15-13(17)8-10(9-14(15)18)6-7-11-4-2-3-5-12(11)16/h2-5,8-9,19H,1H3. The van der Waals surface area contributed by atoms with Gasteiger partial charge in [0.05, 0.1) is 5.56 Å². The molecule has 0 bridgehead atoms. The van der Waals surface area contributed by atoms with Gasteiger partial charge in [-0.2, -0.15) is 0 Å². The van der Waals surface area contributed by atoms with Crippen molar-refractivity contribution >= 4 is 5.69 Å². The average Bonchev–Trinajstić information content (AvgIpc) is 2.37. The second-order valence-corrected chi connectivity index (χ2v) is 3.79. The van der Waals surface area contributed by atoms with Crippen LogP contribution in [0.5, 0.6) is 0 Å². The number of hydrogen-bond donors (Lipinski definition) is 1. The Labute approximate surface area is 109 Å². The van der Waals surface area contributed by atoms with Gasteiger partial charge in [-0.05, 0) is 24.3 Å². The summed E-state index contributed by atoms with van der Waals surface area (Å²) in [6, 6.07) is 8.15. The van der Waals surface area contributed by atoms with E-state index in [4.69, 9.17) is 0 Å². The van der Waals surface area contributed by atoms with Crippen LogP contribution >= 0.6 is 0 Å². The van der Waals surface area contributed by atoms with Crippen LogP contribution in [0.3, 0.4) is 0 Å². The van der Waals surface area contributed by atoms with E-state index in [1.54, 1.807) is 12.1 Å². The second-order valence-electron chi connectivity index (χ2n) is 3.79. The van der Waals surface area contributed by atoms with E-state index in [0.717, 1.165) is 12.1 Å². The fraction of sp³-hybridized carbons (Fsp3) is 0.0667. The van der Waals surface area contributed by atoms with Crippen molar-refractivity contribution in [2.75, 3.05) is 12.4 Å². The summed E-state index contributed by atoms with van der Waals surface area (Å²) < 4.78 is 40.3. The molecular formula is C15H10F3N. The van der Waals surface area contributed by atoms with E-state index in [1.807, 2.05) is 0 Å². The SMILES string of the molecule is CNc1c(F)cc(C#Cc2ccccc2F)cc1F. The minimum Gasteiger partial charge on any atom is -0.383 e. The first-order valence-electron chi connectivity index (χ1n) is 5.55. The van der Waals surface area contributed by atoms with Crippen molar-refractivity contribution in [2.45, 2.75) is 0 Å². The zero-order valence-corrected chi connectivity index (χ0v) is 10.1. The molecule has 4 heteroatoms. The molecule has 0 aromatic heterocycles.